The number of aliphatic carboxylic acids is 1. The van der Waals surface area contributed by atoms with E-state index in [1.807, 2.05) is 0 Å². The zero-order valence-electron chi connectivity index (χ0n) is 4.80. The van der Waals surface area contributed by atoms with E-state index in [2.05, 4.69) is 22.5 Å². The molecule has 0 bridgehead atoms. The summed E-state index contributed by atoms with van der Waals surface area (Å²) < 4.78 is 0. The van der Waals surface area contributed by atoms with Gasteiger partial charge in [0.1, 0.15) is 0 Å². The summed E-state index contributed by atoms with van der Waals surface area (Å²) in [5, 5.41) is 8.72. The molecule has 9 heavy (non-hydrogen) atoms. The number of halogens is 1. The van der Waals surface area contributed by atoms with Crippen LogP contribution in [0.3, 0.4) is 0 Å². The van der Waals surface area contributed by atoms with Gasteiger partial charge in [0, 0.05) is 11.4 Å². The molecule has 0 aromatic carbocycles. The van der Waals surface area contributed by atoms with Crippen molar-refractivity contribution in [3.8, 4) is 0 Å². The van der Waals surface area contributed by atoms with Crippen molar-refractivity contribution in [2.45, 2.75) is 0 Å². The second-order valence-corrected chi connectivity index (χ2v) is 2.02. The average molecular weight is 191 g/mol. The number of allylic oxidation sites excluding steroid dienone is 2. The zero-order valence-corrected chi connectivity index (χ0v) is 6.39. The molecule has 0 aromatic heterocycles. The number of rotatable bonds is 3. The van der Waals surface area contributed by atoms with E-state index in [0.29, 0.717) is 5.33 Å². The Morgan fingerprint density at radius 2 is 2.22 bits per heavy atom. The summed E-state index contributed by atoms with van der Waals surface area (Å²) in [4.78, 5) is 9.88. The van der Waals surface area contributed by atoms with E-state index in [1.54, 1.807) is 0 Å². The maximum atomic E-state index is 9.88. The molecule has 0 saturated carbocycles. The summed E-state index contributed by atoms with van der Waals surface area (Å²) in [7, 11) is 0. The van der Waals surface area contributed by atoms with Crippen LogP contribution in [0.1, 0.15) is 0 Å². The van der Waals surface area contributed by atoms with Crippen molar-refractivity contribution in [1.29, 1.82) is 0 Å². The monoisotopic (exact) mass is 190 g/mol. The van der Waals surface area contributed by atoms with E-state index in [-0.39, 0.29) is 0 Å². The highest BCUT2D eigenvalue weighted by Gasteiger charge is 1.86. The van der Waals surface area contributed by atoms with Gasteiger partial charge in [-0.1, -0.05) is 28.6 Å². The third-order valence-electron chi connectivity index (χ3n) is 0.633. The van der Waals surface area contributed by atoms with Crippen LogP contribution in [-0.2, 0) is 4.79 Å². The van der Waals surface area contributed by atoms with Gasteiger partial charge in [0.25, 0.3) is 0 Å². The van der Waals surface area contributed by atoms with Crippen molar-refractivity contribution in [2.75, 3.05) is 5.33 Å². The molecule has 2 nitrogen and oxygen atoms in total. The lowest BCUT2D eigenvalue weighted by atomic mass is 10.3. The smallest absolute Gasteiger partial charge is 0.328 e. The summed E-state index contributed by atoms with van der Waals surface area (Å²) in [6.45, 7) is 3.55. The fourth-order valence-electron chi connectivity index (χ4n) is 0.234. The number of alkyl halides is 1. The van der Waals surface area contributed by atoms with E-state index < -0.39 is 5.97 Å². The van der Waals surface area contributed by atoms with Crippen LogP contribution in [0.25, 0.3) is 0 Å². The van der Waals surface area contributed by atoms with Gasteiger partial charge in [0.05, 0.1) is 0 Å². The van der Waals surface area contributed by atoms with E-state index in [9.17, 15) is 4.79 Å². The van der Waals surface area contributed by atoms with Crippen molar-refractivity contribution in [1.82, 2.24) is 0 Å². The summed E-state index contributed by atoms with van der Waals surface area (Å²) in [6.07, 6.45) is 2.51. The Balaban J connectivity index is 3.71. The number of carboxylic acids is 1. The Hall–Kier alpha value is -0.570. The molecule has 0 saturated heterocycles. The van der Waals surface area contributed by atoms with Crippen LogP contribution in [0.5, 0.6) is 0 Å². The number of carboxylic acid groups (broad SMARTS) is 1. The lowest BCUT2D eigenvalue weighted by molar-refractivity contribution is -0.131. The molecule has 0 atom stereocenters. The molecule has 3 heteroatoms. The van der Waals surface area contributed by atoms with Crippen molar-refractivity contribution < 1.29 is 9.90 Å². The largest absolute Gasteiger partial charge is 0.478 e. The van der Waals surface area contributed by atoms with Gasteiger partial charge in [-0.05, 0) is 5.57 Å². The molecule has 0 fully saturated rings. The first kappa shape index (κ1) is 8.43. The third kappa shape index (κ3) is 5.30. The fraction of sp³-hybridized carbons (Fsp3) is 0.167. The summed E-state index contributed by atoms with van der Waals surface area (Å²) in [5.74, 6) is -0.947. The van der Waals surface area contributed by atoms with E-state index in [0.717, 1.165) is 11.6 Å². The first-order chi connectivity index (χ1) is 4.16. The molecule has 0 aliphatic carbocycles. The SMILES string of the molecule is C=C(/C=C/C(=O)O)CBr. The Labute approximate surface area is 62.0 Å². The average Bonchev–Trinajstić information content (AvgIpc) is 1.83. The number of carbonyl (C=O) groups is 1. The predicted octanol–water partition coefficient (Wildman–Crippen LogP) is 1.58. The highest BCUT2D eigenvalue weighted by molar-refractivity contribution is 9.09. The normalized spacial score (nSPS) is 9.89. The predicted molar refractivity (Wildman–Crippen MR) is 39.7 cm³/mol. The maximum Gasteiger partial charge on any atom is 0.328 e. The second kappa shape index (κ2) is 4.32. The molecule has 50 valence electrons. The molecule has 0 heterocycles. The minimum absolute atomic E-state index is 0.608. The van der Waals surface area contributed by atoms with Crippen LogP contribution in [0.2, 0.25) is 0 Å². The zero-order chi connectivity index (χ0) is 7.28. The van der Waals surface area contributed by atoms with Crippen molar-refractivity contribution in [3.63, 3.8) is 0 Å². The van der Waals surface area contributed by atoms with Gasteiger partial charge in [-0.2, -0.15) is 0 Å². The quantitative estimate of drug-likeness (QED) is 0.417. The molecular weight excluding hydrogens is 184 g/mol. The minimum Gasteiger partial charge on any atom is -0.478 e. The molecule has 0 aromatic rings. The molecule has 0 spiro atoms. The standard InChI is InChI=1S/C6H7BrO2/c1-5(4-7)2-3-6(8)9/h2-3H,1,4H2,(H,8,9)/b3-2+. The van der Waals surface area contributed by atoms with Crippen LogP contribution in [0.4, 0.5) is 0 Å². The van der Waals surface area contributed by atoms with Gasteiger partial charge in [0.15, 0.2) is 0 Å². The fourth-order valence-corrected chi connectivity index (χ4v) is 0.421. The number of hydrogen-bond acceptors (Lipinski definition) is 1. The van der Waals surface area contributed by atoms with Gasteiger partial charge in [-0.25, -0.2) is 4.79 Å². The summed E-state index contributed by atoms with van der Waals surface area (Å²) in [6, 6.07) is 0. The highest BCUT2D eigenvalue weighted by Crippen LogP contribution is 1.96. The molecule has 0 aliphatic heterocycles. The van der Waals surface area contributed by atoms with Crippen molar-refractivity contribution in [3.05, 3.63) is 24.3 Å². The Morgan fingerprint density at radius 1 is 1.67 bits per heavy atom. The molecule has 0 aliphatic rings. The van der Waals surface area contributed by atoms with Gasteiger partial charge in [-0.3, -0.25) is 0 Å². The molecular formula is C6H7BrO2. The van der Waals surface area contributed by atoms with Crippen molar-refractivity contribution in [2.24, 2.45) is 0 Å². The first-order valence-corrected chi connectivity index (χ1v) is 3.43. The van der Waals surface area contributed by atoms with Gasteiger partial charge in [0.2, 0.25) is 0 Å². The van der Waals surface area contributed by atoms with Crippen molar-refractivity contribution >= 4 is 21.9 Å². The van der Waals surface area contributed by atoms with Crippen LogP contribution >= 0.6 is 15.9 Å². The van der Waals surface area contributed by atoms with E-state index in [1.165, 1.54) is 6.08 Å². The Morgan fingerprint density at radius 3 is 2.56 bits per heavy atom. The van der Waals surface area contributed by atoms with Gasteiger partial charge in [-0.15, -0.1) is 0 Å². The topological polar surface area (TPSA) is 37.3 Å². The van der Waals surface area contributed by atoms with Gasteiger partial charge < -0.3 is 5.11 Å². The first-order valence-electron chi connectivity index (χ1n) is 2.31. The molecule has 0 unspecified atom stereocenters. The number of hydrogen-bond donors (Lipinski definition) is 1. The van der Waals surface area contributed by atoms with Crippen LogP contribution in [0, 0.1) is 0 Å². The third-order valence-corrected chi connectivity index (χ3v) is 1.35. The Bertz CT molecular complexity index is 149. The molecule has 0 radical (unpaired) electrons. The molecule has 0 amide bonds. The van der Waals surface area contributed by atoms with Gasteiger partial charge >= 0.3 is 5.97 Å². The minimum atomic E-state index is -0.947. The van der Waals surface area contributed by atoms with E-state index >= 15 is 0 Å². The lowest BCUT2D eigenvalue weighted by Gasteiger charge is -1.85. The summed E-state index contributed by atoms with van der Waals surface area (Å²) >= 11 is 3.12. The maximum absolute atomic E-state index is 9.88. The molecule has 0 rings (SSSR count). The lowest BCUT2D eigenvalue weighted by Crippen LogP contribution is -1.86. The van der Waals surface area contributed by atoms with E-state index in [4.69, 9.17) is 5.11 Å². The highest BCUT2D eigenvalue weighted by atomic mass is 79.9. The van der Waals surface area contributed by atoms with Crippen LogP contribution < -0.4 is 0 Å². The molecule has 1 N–H and O–H groups in total. The van der Waals surface area contributed by atoms with Crippen LogP contribution in [0.15, 0.2) is 24.3 Å². The summed E-state index contributed by atoms with van der Waals surface area (Å²) in [5.41, 5.74) is 0.748. The second-order valence-electron chi connectivity index (χ2n) is 1.46. The van der Waals surface area contributed by atoms with Crippen LogP contribution in [-0.4, -0.2) is 16.4 Å². The Kier molecular flexibility index (Phi) is 4.05.